The number of hydrogen-bond donors (Lipinski definition) is 2. The van der Waals surface area contributed by atoms with Crippen LogP contribution in [0.2, 0.25) is 0 Å². The van der Waals surface area contributed by atoms with Gasteiger partial charge in [-0.1, -0.05) is 0 Å². The van der Waals surface area contributed by atoms with Crippen molar-refractivity contribution in [1.29, 1.82) is 0 Å². The van der Waals surface area contributed by atoms with E-state index >= 15 is 0 Å². The monoisotopic (exact) mass is 206 g/mol. The fourth-order valence-electron chi connectivity index (χ4n) is 1.33. The van der Waals surface area contributed by atoms with E-state index in [0.717, 1.165) is 6.07 Å². The topological polar surface area (TPSA) is 115 Å². The van der Waals surface area contributed by atoms with Gasteiger partial charge in [-0.05, 0) is 6.07 Å². The maximum absolute atomic E-state index is 10.9. The van der Waals surface area contributed by atoms with Crippen molar-refractivity contribution >= 4 is 22.5 Å². The first kappa shape index (κ1) is 9.13. The molecule has 3 N–H and O–H groups in total. The summed E-state index contributed by atoms with van der Waals surface area (Å²) in [5.41, 5.74) is 5.36. The molecule has 0 aliphatic carbocycles. The predicted octanol–water partition coefficient (Wildman–Crippen LogP) is 0.570. The van der Waals surface area contributed by atoms with Crippen molar-refractivity contribution < 1.29 is 9.72 Å². The Bertz CT molecular complexity index is 560. The zero-order valence-corrected chi connectivity index (χ0v) is 7.43. The molecule has 7 heteroatoms. The molecule has 0 saturated heterocycles. The molecule has 7 nitrogen and oxygen atoms in total. The van der Waals surface area contributed by atoms with Gasteiger partial charge in [-0.3, -0.25) is 20.0 Å². The fourth-order valence-corrected chi connectivity index (χ4v) is 1.33. The van der Waals surface area contributed by atoms with Crippen LogP contribution >= 0.6 is 0 Å². The molecule has 0 bridgehead atoms. The molecule has 0 aliphatic rings. The average molecular weight is 206 g/mol. The number of nitrogens with one attached hydrogen (secondary N) is 1. The van der Waals surface area contributed by atoms with E-state index in [4.69, 9.17) is 5.73 Å². The second-order valence-electron chi connectivity index (χ2n) is 2.95. The number of aromatic amines is 1. The number of rotatable bonds is 2. The summed E-state index contributed by atoms with van der Waals surface area (Å²) in [6.45, 7) is 0. The molecular formula is C8H6N4O3. The highest BCUT2D eigenvalue weighted by Crippen LogP contribution is 2.25. The molecule has 0 radical (unpaired) electrons. The zero-order valence-electron chi connectivity index (χ0n) is 7.43. The van der Waals surface area contributed by atoms with Crippen LogP contribution in [-0.4, -0.2) is 21.0 Å². The predicted molar refractivity (Wildman–Crippen MR) is 51.3 cm³/mol. The zero-order chi connectivity index (χ0) is 11.0. The summed E-state index contributed by atoms with van der Waals surface area (Å²) in [7, 11) is 0. The third-order valence-electron chi connectivity index (χ3n) is 2.02. The Morgan fingerprint density at radius 1 is 1.53 bits per heavy atom. The van der Waals surface area contributed by atoms with Crippen LogP contribution in [0.4, 0.5) is 5.69 Å². The minimum atomic E-state index is -0.713. The van der Waals surface area contributed by atoms with Crippen LogP contribution < -0.4 is 5.73 Å². The van der Waals surface area contributed by atoms with Crippen LogP contribution in [0.15, 0.2) is 18.3 Å². The van der Waals surface area contributed by atoms with Gasteiger partial charge in [0.1, 0.15) is 0 Å². The first-order valence-electron chi connectivity index (χ1n) is 4.01. The highest BCUT2D eigenvalue weighted by atomic mass is 16.6. The summed E-state index contributed by atoms with van der Waals surface area (Å²) in [5, 5.41) is 17.3. The van der Waals surface area contributed by atoms with E-state index in [1.165, 1.54) is 12.3 Å². The molecule has 1 aromatic heterocycles. The van der Waals surface area contributed by atoms with Gasteiger partial charge in [-0.25, -0.2) is 0 Å². The van der Waals surface area contributed by atoms with E-state index < -0.39 is 10.8 Å². The van der Waals surface area contributed by atoms with Crippen molar-refractivity contribution in [3.63, 3.8) is 0 Å². The van der Waals surface area contributed by atoms with Gasteiger partial charge in [-0.2, -0.15) is 5.10 Å². The number of nitrogens with two attached hydrogens (primary N) is 1. The van der Waals surface area contributed by atoms with Crippen molar-refractivity contribution in [3.8, 4) is 0 Å². The third kappa shape index (κ3) is 1.39. The quantitative estimate of drug-likeness (QED) is 0.551. The number of carbonyl (C=O) groups excluding carboxylic acids is 1. The van der Waals surface area contributed by atoms with Crippen LogP contribution in [0, 0.1) is 10.1 Å². The molecule has 1 amide bonds. The smallest absolute Gasteiger partial charge is 0.281 e. The van der Waals surface area contributed by atoms with E-state index in [9.17, 15) is 14.9 Å². The highest BCUT2D eigenvalue weighted by Gasteiger charge is 2.16. The maximum Gasteiger partial charge on any atom is 0.281 e. The Balaban J connectivity index is 2.80. The van der Waals surface area contributed by atoms with E-state index in [-0.39, 0.29) is 11.3 Å². The molecule has 0 unspecified atom stereocenters. The number of fused-ring (bicyclic) bond motifs is 1. The number of non-ortho nitro benzene ring substituents is 1. The SMILES string of the molecule is NC(=O)c1cc([N+](=O)[O-])c2cn[nH]c2c1. The number of carbonyl (C=O) groups is 1. The summed E-state index contributed by atoms with van der Waals surface area (Å²) in [6, 6.07) is 2.57. The summed E-state index contributed by atoms with van der Waals surface area (Å²) in [4.78, 5) is 21.0. The van der Waals surface area contributed by atoms with Gasteiger partial charge in [0.05, 0.1) is 22.0 Å². The van der Waals surface area contributed by atoms with E-state index in [2.05, 4.69) is 10.2 Å². The number of amides is 1. The normalized spacial score (nSPS) is 10.4. The molecule has 1 aromatic carbocycles. The minimum Gasteiger partial charge on any atom is -0.366 e. The molecule has 0 fully saturated rings. The van der Waals surface area contributed by atoms with E-state index in [1.807, 2.05) is 0 Å². The van der Waals surface area contributed by atoms with Crippen LogP contribution in [0.3, 0.4) is 0 Å². The van der Waals surface area contributed by atoms with Crippen molar-refractivity contribution in [2.24, 2.45) is 5.73 Å². The Labute approximate surface area is 83.0 Å². The number of nitro groups is 1. The van der Waals surface area contributed by atoms with Crippen LogP contribution in [0.1, 0.15) is 10.4 Å². The average Bonchev–Trinajstić information content (AvgIpc) is 2.62. The van der Waals surface area contributed by atoms with Crippen molar-refractivity contribution in [2.45, 2.75) is 0 Å². The molecule has 0 aliphatic heterocycles. The number of aromatic nitrogens is 2. The molecule has 2 aromatic rings. The van der Waals surface area contributed by atoms with Crippen LogP contribution in [0.5, 0.6) is 0 Å². The third-order valence-corrected chi connectivity index (χ3v) is 2.02. The lowest BCUT2D eigenvalue weighted by Crippen LogP contribution is -2.11. The van der Waals surface area contributed by atoms with Gasteiger partial charge < -0.3 is 5.73 Å². The fraction of sp³-hybridized carbons (Fsp3) is 0. The molecular weight excluding hydrogens is 200 g/mol. The first-order valence-corrected chi connectivity index (χ1v) is 4.01. The standard InChI is InChI=1S/C8H6N4O3/c9-8(13)4-1-6-5(3-10-11-6)7(2-4)12(14)15/h1-3H,(H2,9,13)(H,10,11). The van der Waals surface area contributed by atoms with Crippen molar-refractivity contribution in [1.82, 2.24) is 10.2 Å². The summed E-state index contributed by atoms with van der Waals surface area (Å²) in [6.07, 6.45) is 1.33. The lowest BCUT2D eigenvalue weighted by atomic mass is 10.1. The summed E-state index contributed by atoms with van der Waals surface area (Å²) in [5.74, 6) is -0.713. The summed E-state index contributed by atoms with van der Waals surface area (Å²) < 4.78 is 0. The Morgan fingerprint density at radius 3 is 2.87 bits per heavy atom. The number of nitrogens with zero attached hydrogens (tertiary/aromatic N) is 2. The number of H-pyrrole nitrogens is 1. The van der Waals surface area contributed by atoms with Crippen molar-refractivity contribution in [2.75, 3.05) is 0 Å². The van der Waals surface area contributed by atoms with Crippen LogP contribution in [-0.2, 0) is 0 Å². The molecule has 2 rings (SSSR count). The molecule has 0 spiro atoms. The van der Waals surface area contributed by atoms with Gasteiger partial charge in [0.2, 0.25) is 5.91 Å². The second kappa shape index (κ2) is 3.05. The first-order chi connectivity index (χ1) is 7.09. The Morgan fingerprint density at radius 2 is 2.27 bits per heavy atom. The Hall–Kier alpha value is -2.44. The number of benzene rings is 1. The van der Waals surface area contributed by atoms with Gasteiger partial charge in [-0.15, -0.1) is 0 Å². The number of hydrogen-bond acceptors (Lipinski definition) is 4. The molecule has 15 heavy (non-hydrogen) atoms. The number of nitro benzene ring substituents is 1. The van der Waals surface area contributed by atoms with Gasteiger partial charge in [0.15, 0.2) is 0 Å². The lowest BCUT2D eigenvalue weighted by molar-refractivity contribution is -0.383. The maximum atomic E-state index is 10.9. The molecule has 76 valence electrons. The van der Waals surface area contributed by atoms with Crippen LogP contribution in [0.25, 0.3) is 10.9 Å². The summed E-state index contributed by atoms with van der Waals surface area (Å²) >= 11 is 0. The van der Waals surface area contributed by atoms with Gasteiger partial charge >= 0.3 is 0 Å². The molecule has 0 atom stereocenters. The van der Waals surface area contributed by atoms with Crippen molar-refractivity contribution in [3.05, 3.63) is 34.0 Å². The van der Waals surface area contributed by atoms with E-state index in [0.29, 0.717) is 10.9 Å². The van der Waals surface area contributed by atoms with Gasteiger partial charge in [0, 0.05) is 11.6 Å². The lowest BCUT2D eigenvalue weighted by Gasteiger charge is -1.97. The number of primary amides is 1. The highest BCUT2D eigenvalue weighted by molar-refractivity contribution is 5.99. The molecule has 1 heterocycles. The minimum absolute atomic E-state index is 0.0819. The van der Waals surface area contributed by atoms with E-state index in [1.54, 1.807) is 0 Å². The van der Waals surface area contributed by atoms with Gasteiger partial charge in [0.25, 0.3) is 5.69 Å². The largest absolute Gasteiger partial charge is 0.366 e. The Kier molecular flexibility index (Phi) is 1.86. The second-order valence-corrected chi connectivity index (χ2v) is 2.95. The molecule has 0 saturated carbocycles.